The van der Waals surface area contributed by atoms with Crippen LogP contribution in [0.15, 0.2) is 12.5 Å². The molecule has 1 aromatic heterocycles. The Morgan fingerprint density at radius 1 is 1.53 bits per heavy atom. The first-order chi connectivity index (χ1) is 7.33. The van der Waals surface area contributed by atoms with E-state index in [0.717, 1.165) is 15.9 Å². The Balaban J connectivity index is 2.24. The van der Waals surface area contributed by atoms with E-state index in [1.165, 1.54) is 19.3 Å². The van der Waals surface area contributed by atoms with Crippen molar-refractivity contribution in [3.8, 4) is 0 Å². The van der Waals surface area contributed by atoms with Crippen LogP contribution in [-0.2, 0) is 0 Å². The topological polar surface area (TPSA) is 29.0 Å². The Bertz CT molecular complexity index is 334. The molecule has 1 saturated heterocycles. The molecule has 82 valence electrons. The number of anilines is 1. The van der Waals surface area contributed by atoms with Gasteiger partial charge in [-0.1, -0.05) is 0 Å². The van der Waals surface area contributed by atoms with Crippen LogP contribution in [0.3, 0.4) is 0 Å². The summed E-state index contributed by atoms with van der Waals surface area (Å²) in [5.74, 6) is 1.72. The lowest BCUT2D eigenvalue weighted by Crippen LogP contribution is -2.41. The molecule has 1 atom stereocenters. The molecule has 2 heterocycles. The van der Waals surface area contributed by atoms with E-state index in [2.05, 4.69) is 37.5 Å². The van der Waals surface area contributed by atoms with E-state index in [-0.39, 0.29) is 0 Å². The molecule has 1 aliphatic heterocycles. The molecule has 1 aromatic rings. The highest BCUT2D eigenvalue weighted by Gasteiger charge is 2.24. The summed E-state index contributed by atoms with van der Waals surface area (Å²) in [4.78, 5) is 10.7. The van der Waals surface area contributed by atoms with Crippen molar-refractivity contribution in [2.75, 3.05) is 17.3 Å². The highest BCUT2D eigenvalue weighted by Crippen LogP contribution is 2.26. The minimum atomic E-state index is 0.434. The Morgan fingerprint density at radius 3 is 3.13 bits per heavy atom. The Kier molecular flexibility index (Phi) is 4.02. The van der Waals surface area contributed by atoms with E-state index in [9.17, 15) is 0 Å². The summed E-state index contributed by atoms with van der Waals surface area (Å²) in [7, 11) is 0. The molecule has 0 spiro atoms. The van der Waals surface area contributed by atoms with Crippen molar-refractivity contribution in [3.05, 3.63) is 16.1 Å². The van der Waals surface area contributed by atoms with Crippen molar-refractivity contribution in [2.45, 2.75) is 25.3 Å². The first-order valence-corrected chi connectivity index (χ1v) is 6.72. The number of nitrogens with zero attached hydrogens (tertiary/aromatic N) is 3. The monoisotopic (exact) mass is 337 g/mol. The Labute approximate surface area is 108 Å². The van der Waals surface area contributed by atoms with Crippen LogP contribution >= 0.6 is 34.2 Å². The van der Waals surface area contributed by atoms with Crippen LogP contribution in [0.1, 0.15) is 19.3 Å². The van der Waals surface area contributed by atoms with E-state index in [4.69, 9.17) is 11.6 Å². The quantitative estimate of drug-likeness (QED) is 0.614. The van der Waals surface area contributed by atoms with Crippen LogP contribution < -0.4 is 4.90 Å². The third-order valence-corrected chi connectivity index (χ3v) is 3.84. The van der Waals surface area contributed by atoms with Gasteiger partial charge in [0, 0.05) is 24.7 Å². The zero-order valence-electron chi connectivity index (χ0n) is 8.37. The van der Waals surface area contributed by atoms with E-state index < -0.39 is 0 Å². The van der Waals surface area contributed by atoms with Crippen molar-refractivity contribution in [1.82, 2.24) is 9.97 Å². The molecule has 1 unspecified atom stereocenters. The second-order valence-corrected chi connectivity index (χ2v) is 5.16. The number of rotatable bonds is 2. The van der Waals surface area contributed by atoms with E-state index in [0.29, 0.717) is 11.9 Å². The van der Waals surface area contributed by atoms with Crippen LogP contribution in [0.5, 0.6) is 0 Å². The number of hydrogen-bond acceptors (Lipinski definition) is 3. The maximum absolute atomic E-state index is 5.99. The fraction of sp³-hybridized carbons (Fsp3) is 0.600. The predicted octanol–water partition coefficient (Wildman–Crippen LogP) is 2.68. The van der Waals surface area contributed by atoms with Crippen molar-refractivity contribution in [2.24, 2.45) is 0 Å². The van der Waals surface area contributed by atoms with Gasteiger partial charge in [-0.25, -0.2) is 9.97 Å². The fourth-order valence-electron chi connectivity index (χ4n) is 1.96. The first kappa shape index (κ1) is 11.4. The molecule has 0 radical (unpaired) electrons. The van der Waals surface area contributed by atoms with Gasteiger partial charge in [0.1, 0.15) is 12.1 Å². The highest BCUT2D eigenvalue weighted by molar-refractivity contribution is 14.1. The zero-order chi connectivity index (χ0) is 10.7. The maximum Gasteiger partial charge on any atom is 0.145 e. The molecule has 0 N–H and O–H groups in total. The van der Waals surface area contributed by atoms with E-state index in [1.54, 1.807) is 6.33 Å². The summed E-state index contributed by atoms with van der Waals surface area (Å²) in [5, 5.41) is 0. The van der Waals surface area contributed by atoms with Gasteiger partial charge in [0.25, 0.3) is 0 Å². The summed E-state index contributed by atoms with van der Waals surface area (Å²) < 4.78 is 1.10. The molecule has 5 heteroatoms. The molecule has 2 rings (SSSR count). The Hall–Kier alpha value is -0.100. The van der Waals surface area contributed by atoms with Gasteiger partial charge in [0.15, 0.2) is 0 Å². The van der Waals surface area contributed by atoms with Gasteiger partial charge < -0.3 is 4.90 Å². The van der Waals surface area contributed by atoms with Gasteiger partial charge >= 0.3 is 0 Å². The number of aromatic nitrogens is 2. The van der Waals surface area contributed by atoms with Gasteiger partial charge in [-0.15, -0.1) is 11.6 Å². The van der Waals surface area contributed by atoms with Crippen LogP contribution in [0, 0.1) is 3.57 Å². The van der Waals surface area contributed by atoms with Gasteiger partial charge in [0.05, 0.1) is 3.57 Å². The molecule has 0 aliphatic carbocycles. The average molecular weight is 338 g/mol. The van der Waals surface area contributed by atoms with Crippen LogP contribution in [-0.4, -0.2) is 28.4 Å². The maximum atomic E-state index is 5.99. The molecule has 0 saturated carbocycles. The summed E-state index contributed by atoms with van der Waals surface area (Å²) in [6.07, 6.45) is 7.13. The SMILES string of the molecule is ClCC1CCCCN1c1ncncc1I. The second-order valence-electron chi connectivity index (χ2n) is 3.69. The van der Waals surface area contributed by atoms with Crippen LogP contribution in [0.4, 0.5) is 5.82 Å². The van der Waals surface area contributed by atoms with Gasteiger partial charge in [-0.05, 0) is 41.9 Å². The second kappa shape index (κ2) is 5.30. The molecule has 15 heavy (non-hydrogen) atoms. The zero-order valence-corrected chi connectivity index (χ0v) is 11.3. The summed E-state index contributed by atoms with van der Waals surface area (Å²) in [6.45, 7) is 1.06. The third kappa shape index (κ3) is 2.53. The largest absolute Gasteiger partial charge is 0.351 e. The average Bonchev–Trinajstić information content (AvgIpc) is 2.30. The minimum absolute atomic E-state index is 0.434. The molecule has 0 bridgehead atoms. The Morgan fingerprint density at radius 2 is 2.40 bits per heavy atom. The number of alkyl halides is 1. The van der Waals surface area contributed by atoms with E-state index in [1.807, 2.05) is 6.20 Å². The molecular weight excluding hydrogens is 324 g/mol. The third-order valence-electron chi connectivity index (χ3n) is 2.73. The molecule has 1 fully saturated rings. The molecule has 0 aromatic carbocycles. The van der Waals surface area contributed by atoms with Gasteiger partial charge in [-0.2, -0.15) is 0 Å². The van der Waals surface area contributed by atoms with E-state index >= 15 is 0 Å². The fourth-order valence-corrected chi connectivity index (χ4v) is 2.89. The molecule has 3 nitrogen and oxygen atoms in total. The van der Waals surface area contributed by atoms with Gasteiger partial charge in [-0.3, -0.25) is 0 Å². The first-order valence-electron chi connectivity index (χ1n) is 5.11. The van der Waals surface area contributed by atoms with Crippen molar-refractivity contribution in [3.63, 3.8) is 0 Å². The minimum Gasteiger partial charge on any atom is -0.351 e. The molecular formula is C10H13ClIN3. The summed E-state index contributed by atoms with van der Waals surface area (Å²) >= 11 is 8.27. The lowest BCUT2D eigenvalue weighted by atomic mass is 10.0. The van der Waals surface area contributed by atoms with Crippen molar-refractivity contribution in [1.29, 1.82) is 0 Å². The van der Waals surface area contributed by atoms with Crippen molar-refractivity contribution < 1.29 is 0 Å². The lowest BCUT2D eigenvalue weighted by Gasteiger charge is -2.35. The normalized spacial score (nSPS) is 21.7. The number of piperidine rings is 1. The number of halogens is 2. The standard InChI is InChI=1S/C10H13ClIN3/c11-5-8-3-1-2-4-15(8)10-9(12)6-13-7-14-10/h6-8H,1-5H2. The van der Waals surface area contributed by atoms with Crippen LogP contribution in [0.25, 0.3) is 0 Å². The lowest BCUT2D eigenvalue weighted by molar-refractivity contribution is 0.483. The van der Waals surface area contributed by atoms with Crippen molar-refractivity contribution >= 4 is 40.0 Å². The van der Waals surface area contributed by atoms with Gasteiger partial charge in [0.2, 0.25) is 0 Å². The summed E-state index contributed by atoms with van der Waals surface area (Å²) in [6, 6.07) is 0.434. The molecule has 0 amide bonds. The number of hydrogen-bond donors (Lipinski definition) is 0. The predicted molar refractivity (Wildman–Crippen MR) is 70.5 cm³/mol. The smallest absolute Gasteiger partial charge is 0.145 e. The van der Waals surface area contributed by atoms with Crippen LogP contribution in [0.2, 0.25) is 0 Å². The summed E-state index contributed by atoms with van der Waals surface area (Å²) in [5.41, 5.74) is 0. The molecule has 1 aliphatic rings. The highest BCUT2D eigenvalue weighted by atomic mass is 127.